The van der Waals surface area contributed by atoms with Gasteiger partial charge in [-0.15, -0.1) is 0 Å². The Morgan fingerprint density at radius 1 is 1.18 bits per heavy atom. The van der Waals surface area contributed by atoms with Gasteiger partial charge in [0.2, 0.25) is 0 Å². The minimum absolute atomic E-state index is 0.454. The van der Waals surface area contributed by atoms with Crippen LogP contribution in [0, 0.1) is 6.92 Å². The number of hydrogen-bond acceptors (Lipinski definition) is 2. The van der Waals surface area contributed by atoms with Gasteiger partial charge in [0.25, 0.3) is 0 Å². The number of anilines is 1. The van der Waals surface area contributed by atoms with Crippen LogP contribution in [-0.4, -0.2) is 4.98 Å². The zero-order valence-corrected chi connectivity index (χ0v) is 10.6. The number of rotatable bonds is 2. The van der Waals surface area contributed by atoms with Gasteiger partial charge in [-0.25, -0.2) is 0 Å². The van der Waals surface area contributed by atoms with E-state index in [1.165, 1.54) is 11.1 Å². The van der Waals surface area contributed by atoms with Gasteiger partial charge in [0, 0.05) is 11.8 Å². The number of nitrogens with zero attached hydrogens (tertiary/aromatic N) is 1. The molecule has 0 atom stereocenters. The third kappa shape index (κ3) is 2.31. The van der Waals surface area contributed by atoms with E-state index in [9.17, 15) is 0 Å². The monoisotopic (exact) mass is 226 g/mol. The molecule has 0 fully saturated rings. The summed E-state index contributed by atoms with van der Waals surface area (Å²) in [5.74, 6) is 0.454. The maximum Gasteiger partial charge on any atom is 0.0933 e. The average molecular weight is 226 g/mol. The number of aromatic nitrogens is 1. The number of pyridine rings is 1. The van der Waals surface area contributed by atoms with Gasteiger partial charge in [-0.05, 0) is 30.0 Å². The molecule has 0 saturated carbocycles. The van der Waals surface area contributed by atoms with Crippen LogP contribution in [0.15, 0.2) is 36.5 Å². The molecule has 0 aliphatic heterocycles. The maximum atomic E-state index is 6.10. The van der Waals surface area contributed by atoms with Crippen LogP contribution in [0.5, 0.6) is 0 Å². The highest BCUT2D eigenvalue weighted by molar-refractivity contribution is 5.75. The van der Waals surface area contributed by atoms with Gasteiger partial charge in [-0.1, -0.05) is 38.1 Å². The molecular formula is C15H18N2. The van der Waals surface area contributed by atoms with E-state index < -0.39 is 0 Å². The van der Waals surface area contributed by atoms with Crippen molar-refractivity contribution in [2.24, 2.45) is 0 Å². The fourth-order valence-corrected chi connectivity index (χ4v) is 1.88. The van der Waals surface area contributed by atoms with Gasteiger partial charge in [-0.3, -0.25) is 4.98 Å². The molecule has 2 aromatic rings. The molecular weight excluding hydrogens is 208 g/mol. The third-order valence-corrected chi connectivity index (χ3v) is 3.01. The maximum absolute atomic E-state index is 6.10. The molecule has 0 radical (unpaired) electrons. The van der Waals surface area contributed by atoms with Crippen molar-refractivity contribution in [3.05, 3.63) is 47.7 Å². The average Bonchev–Trinajstić information content (AvgIpc) is 2.30. The first-order valence-corrected chi connectivity index (χ1v) is 5.91. The predicted molar refractivity (Wildman–Crippen MR) is 72.9 cm³/mol. The topological polar surface area (TPSA) is 38.9 Å². The van der Waals surface area contributed by atoms with Crippen LogP contribution in [0.1, 0.15) is 30.9 Å². The van der Waals surface area contributed by atoms with Crippen molar-refractivity contribution < 1.29 is 0 Å². The summed E-state index contributed by atoms with van der Waals surface area (Å²) in [6.07, 6.45) is 1.92. The molecule has 0 saturated heterocycles. The van der Waals surface area contributed by atoms with Crippen LogP contribution >= 0.6 is 0 Å². The second kappa shape index (κ2) is 4.58. The van der Waals surface area contributed by atoms with Crippen molar-refractivity contribution in [3.8, 4) is 11.3 Å². The van der Waals surface area contributed by atoms with Crippen molar-refractivity contribution in [3.63, 3.8) is 0 Å². The Hall–Kier alpha value is -1.83. The van der Waals surface area contributed by atoms with Gasteiger partial charge >= 0.3 is 0 Å². The Balaban J connectivity index is 2.51. The van der Waals surface area contributed by atoms with Gasteiger partial charge in [0.15, 0.2) is 0 Å². The number of nitrogen functional groups attached to an aromatic ring is 1. The van der Waals surface area contributed by atoms with Gasteiger partial charge in [-0.2, -0.15) is 0 Å². The lowest BCUT2D eigenvalue weighted by atomic mass is 10.0. The highest BCUT2D eigenvalue weighted by Gasteiger charge is 2.08. The van der Waals surface area contributed by atoms with Gasteiger partial charge in [0.1, 0.15) is 0 Å². The normalized spacial score (nSPS) is 10.8. The van der Waals surface area contributed by atoms with Gasteiger partial charge < -0.3 is 5.73 Å². The van der Waals surface area contributed by atoms with E-state index in [1.807, 2.05) is 24.4 Å². The Kier molecular flexibility index (Phi) is 3.14. The second-order valence-electron chi connectivity index (χ2n) is 4.68. The lowest BCUT2D eigenvalue weighted by Crippen LogP contribution is -1.98. The molecule has 2 heteroatoms. The molecule has 1 aromatic carbocycles. The standard InChI is InChI=1S/C15H18N2/c1-10(2)12-8-14(16)15(17-9-12)13-7-5-4-6-11(13)3/h4-10H,16H2,1-3H3. The summed E-state index contributed by atoms with van der Waals surface area (Å²) in [5.41, 5.74) is 11.2. The van der Waals surface area contributed by atoms with E-state index >= 15 is 0 Å². The quantitative estimate of drug-likeness (QED) is 0.846. The first-order chi connectivity index (χ1) is 8.09. The van der Waals surface area contributed by atoms with Crippen LogP contribution in [0.25, 0.3) is 11.3 Å². The van der Waals surface area contributed by atoms with Gasteiger partial charge in [0.05, 0.1) is 11.4 Å². The lowest BCUT2D eigenvalue weighted by molar-refractivity contribution is 0.859. The second-order valence-corrected chi connectivity index (χ2v) is 4.68. The van der Waals surface area contributed by atoms with E-state index in [0.717, 1.165) is 16.9 Å². The molecule has 88 valence electrons. The van der Waals surface area contributed by atoms with E-state index in [1.54, 1.807) is 0 Å². The Labute approximate surface area is 103 Å². The minimum atomic E-state index is 0.454. The van der Waals surface area contributed by atoms with Crippen LogP contribution in [0.4, 0.5) is 5.69 Å². The van der Waals surface area contributed by atoms with Crippen LogP contribution in [0.2, 0.25) is 0 Å². The molecule has 0 unspecified atom stereocenters. The summed E-state index contributed by atoms with van der Waals surface area (Å²) in [5, 5.41) is 0. The number of hydrogen-bond donors (Lipinski definition) is 1. The first kappa shape index (κ1) is 11.6. The van der Waals surface area contributed by atoms with E-state index in [2.05, 4.69) is 37.9 Å². The smallest absolute Gasteiger partial charge is 0.0933 e. The SMILES string of the molecule is Cc1ccccc1-c1ncc(C(C)C)cc1N. The fourth-order valence-electron chi connectivity index (χ4n) is 1.88. The molecule has 2 N–H and O–H groups in total. The van der Waals surface area contributed by atoms with Crippen molar-refractivity contribution >= 4 is 5.69 Å². The third-order valence-electron chi connectivity index (χ3n) is 3.01. The van der Waals surface area contributed by atoms with Crippen LogP contribution < -0.4 is 5.73 Å². The molecule has 2 nitrogen and oxygen atoms in total. The zero-order valence-electron chi connectivity index (χ0n) is 10.6. The summed E-state index contributed by atoms with van der Waals surface area (Å²) in [4.78, 5) is 4.51. The number of nitrogens with two attached hydrogens (primary N) is 1. The highest BCUT2D eigenvalue weighted by Crippen LogP contribution is 2.28. The van der Waals surface area contributed by atoms with Crippen molar-refractivity contribution in [1.29, 1.82) is 0 Å². The van der Waals surface area contributed by atoms with Crippen LogP contribution in [-0.2, 0) is 0 Å². The van der Waals surface area contributed by atoms with E-state index in [4.69, 9.17) is 5.73 Å². The molecule has 1 aromatic heterocycles. The van der Waals surface area contributed by atoms with Crippen molar-refractivity contribution in [2.75, 3.05) is 5.73 Å². The summed E-state index contributed by atoms with van der Waals surface area (Å²) in [7, 11) is 0. The predicted octanol–water partition coefficient (Wildman–Crippen LogP) is 3.76. The van der Waals surface area contributed by atoms with Crippen molar-refractivity contribution in [2.45, 2.75) is 26.7 Å². The largest absolute Gasteiger partial charge is 0.397 e. The molecule has 0 aliphatic carbocycles. The Morgan fingerprint density at radius 2 is 1.88 bits per heavy atom. The lowest BCUT2D eigenvalue weighted by Gasteiger charge is -2.11. The molecule has 1 heterocycles. The number of aryl methyl sites for hydroxylation is 1. The fraction of sp³-hybridized carbons (Fsp3) is 0.267. The molecule has 0 aliphatic rings. The Bertz CT molecular complexity index is 530. The molecule has 2 rings (SSSR count). The molecule has 17 heavy (non-hydrogen) atoms. The molecule has 0 spiro atoms. The summed E-state index contributed by atoms with van der Waals surface area (Å²) in [6, 6.07) is 10.2. The number of benzene rings is 1. The summed E-state index contributed by atoms with van der Waals surface area (Å²) < 4.78 is 0. The van der Waals surface area contributed by atoms with Crippen molar-refractivity contribution in [1.82, 2.24) is 4.98 Å². The summed E-state index contributed by atoms with van der Waals surface area (Å²) >= 11 is 0. The minimum Gasteiger partial charge on any atom is -0.397 e. The molecule has 0 amide bonds. The molecule has 0 bridgehead atoms. The Morgan fingerprint density at radius 3 is 2.47 bits per heavy atom. The zero-order chi connectivity index (χ0) is 12.4. The summed E-state index contributed by atoms with van der Waals surface area (Å²) in [6.45, 7) is 6.36. The van der Waals surface area contributed by atoms with Crippen LogP contribution in [0.3, 0.4) is 0 Å². The highest BCUT2D eigenvalue weighted by atomic mass is 14.7. The van der Waals surface area contributed by atoms with E-state index in [0.29, 0.717) is 5.92 Å². The first-order valence-electron chi connectivity index (χ1n) is 5.91. The van der Waals surface area contributed by atoms with E-state index in [-0.39, 0.29) is 0 Å².